The van der Waals surface area contributed by atoms with Crippen LogP contribution < -0.4 is 5.73 Å². The predicted molar refractivity (Wildman–Crippen MR) is 77.8 cm³/mol. The van der Waals surface area contributed by atoms with Crippen LogP contribution in [-0.4, -0.2) is 31.1 Å². The largest absolute Gasteiger partial charge is 0.329 e. The molecule has 0 aliphatic carbocycles. The van der Waals surface area contributed by atoms with Crippen LogP contribution in [0.15, 0.2) is 18.2 Å². The molecule has 0 saturated carbocycles. The van der Waals surface area contributed by atoms with Gasteiger partial charge in [-0.1, -0.05) is 23.8 Å². The third-order valence-electron chi connectivity index (χ3n) is 4.17. The Morgan fingerprint density at radius 3 is 2.61 bits per heavy atom. The first-order valence-electron chi connectivity index (χ1n) is 7.17. The zero-order chi connectivity index (χ0) is 13.0. The SMILES string of the molecule is Cc1ccc(C)c(CC2CCN(CCN)CC2)c1. The Morgan fingerprint density at radius 1 is 1.22 bits per heavy atom. The molecule has 0 spiro atoms. The van der Waals surface area contributed by atoms with Gasteiger partial charge in [-0.15, -0.1) is 0 Å². The summed E-state index contributed by atoms with van der Waals surface area (Å²) >= 11 is 0. The lowest BCUT2D eigenvalue weighted by Crippen LogP contribution is -2.37. The second-order valence-corrected chi connectivity index (χ2v) is 5.71. The first kappa shape index (κ1) is 13.6. The fourth-order valence-electron chi connectivity index (χ4n) is 2.93. The quantitative estimate of drug-likeness (QED) is 0.884. The monoisotopic (exact) mass is 246 g/mol. The highest BCUT2D eigenvalue weighted by atomic mass is 15.1. The lowest BCUT2D eigenvalue weighted by Gasteiger charge is -2.31. The van der Waals surface area contributed by atoms with Gasteiger partial charge in [-0.25, -0.2) is 0 Å². The van der Waals surface area contributed by atoms with E-state index in [1.54, 1.807) is 5.56 Å². The predicted octanol–water partition coefficient (Wildman–Crippen LogP) is 2.52. The number of nitrogens with zero attached hydrogens (tertiary/aromatic N) is 1. The van der Waals surface area contributed by atoms with Gasteiger partial charge >= 0.3 is 0 Å². The van der Waals surface area contributed by atoms with Crippen molar-refractivity contribution in [1.29, 1.82) is 0 Å². The van der Waals surface area contributed by atoms with Crippen LogP contribution in [0, 0.1) is 19.8 Å². The van der Waals surface area contributed by atoms with Crippen LogP contribution in [-0.2, 0) is 6.42 Å². The average molecular weight is 246 g/mol. The Bertz CT molecular complexity index is 379. The summed E-state index contributed by atoms with van der Waals surface area (Å²) in [6.45, 7) is 8.74. The molecule has 1 heterocycles. The van der Waals surface area contributed by atoms with Crippen molar-refractivity contribution in [2.24, 2.45) is 11.7 Å². The molecular weight excluding hydrogens is 220 g/mol. The number of hydrogen-bond donors (Lipinski definition) is 1. The van der Waals surface area contributed by atoms with Crippen molar-refractivity contribution in [3.8, 4) is 0 Å². The molecule has 2 heteroatoms. The second kappa shape index (κ2) is 6.35. The Hall–Kier alpha value is -0.860. The summed E-state index contributed by atoms with van der Waals surface area (Å²) in [6, 6.07) is 6.83. The lowest BCUT2D eigenvalue weighted by molar-refractivity contribution is 0.188. The van der Waals surface area contributed by atoms with Gasteiger partial charge in [0.2, 0.25) is 0 Å². The number of piperidine rings is 1. The molecule has 1 aliphatic rings. The van der Waals surface area contributed by atoms with Crippen molar-refractivity contribution in [1.82, 2.24) is 4.90 Å². The van der Waals surface area contributed by atoms with Crippen LogP contribution in [0.3, 0.4) is 0 Å². The second-order valence-electron chi connectivity index (χ2n) is 5.71. The molecule has 1 fully saturated rings. The summed E-state index contributed by atoms with van der Waals surface area (Å²) in [6.07, 6.45) is 3.91. The highest BCUT2D eigenvalue weighted by Crippen LogP contribution is 2.23. The molecule has 2 N–H and O–H groups in total. The number of benzene rings is 1. The van der Waals surface area contributed by atoms with Crippen LogP contribution in [0.5, 0.6) is 0 Å². The van der Waals surface area contributed by atoms with Gasteiger partial charge in [0, 0.05) is 13.1 Å². The minimum atomic E-state index is 0.793. The van der Waals surface area contributed by atoms with Gasteiger partial charge in [0.25, 0.3) is 0 Å². The molecule has 0 radical (unpaired) electrons. The van der Waals surface area contributed by atoms with Crippen molar-refractivity contribution in [2.75, 3.05) is 26.2 Å². The molecule has 100 valence electrons. The van der Waals surface area contributed by atoms with Crippen molar-refractivity contribution in [3.05, 3.63) is 34.9 Å². The highest BCUT2D eigenvalue weighted by molar-refractivity contribution is 5.30. The van der Waals surface area contributed by atoms with Crippen molar-refractivity contribution in [2.45, 2.75) is 33.1 Å². The maximum absolute atomic E-state index is 5.61. The molecule has 0 atom stereocenters. The van der Waals surface area contributed by atoms with Crippen LogP contribution in [0.4, 0.5) is 0 Å². The van der Waals surface area contributed by atoms with Crippen LogP contribution in [0.2, 0.25) is 0 Å². The molecule has 0 unspecified atom stereocenters. The Labute approximate surface area is 111 Å². The molecule has 2 nitrogen and oxygen atoms in total. The number of aryl methyl sites for hydroxylation is 2. The lowest BCUT2D eigenvalue weighted by atomic mass is 9.88. The first-order chi connectivity index (χ1) is 8.69. The topological polar surface area (TPSA) is 29.3 Å². The molecule has 0 aromatic heterocycles. The summed E-state index contributed by atoms with van der Waals surface area (Å²) in [7, 11) is 0. The number of likely N-dealkylation sites (tertiary alicyclic amines) is 1. The van der Waals surface area contributed by atoms with Crippen LogP contribution in [0.1, 0.15) is 29.5 Å². The third kappa shape index (κ3) is 3.56. The van der Waals surface area contributed by atoms with Gasteiger partial charge in [0.15, 0.2) is 0 Å². The van der Waals surface area contributed by atoms with E-state index in [2.05, 4.69) is 36.9 Å². The summed E-state index contributed by atoms with van der Waals surface area (Å²) in [5, 5.41) is 0. The van der Waals surface area contributed by atoms with E-state index in [0.29, 0.717) is 0 Å². The molecule has 18 heavy (non-hydrogen) atoms. The van der Waals surface area contributed by atoms with Crippen molar-refractivity contribution in [3.63, 3.8) is 0 Å². The minimum absolute atomic E-state index is 0.793. The van der Waals surface area contributed by atoms with Gasteiger partial charge in [0.05, 0.1) is 0 Å². The first-order valence-corrected chi connectivity index (χ1v) is 7.17. The number of hydrogen-bond acceptors (Lipinski definition) is 2. The van der Waals surface area contributed by atoms with Gasteiger partial charge in [-0.3, -0.25) is 0 Å². The average Bonchev–Trinajstić information content (AvgIpc) is 2.37. The molecular formula is C16H26N2. The zero-order valence-corrected chi connectivity index (χ0v) is 11.8. The highest BCUT2D eigenvalue weighted by Gasteiger charge is 2.19. The Morgan fingerprint density at radius 2 is 1.94 bits per heavy atom. The minimum Gasteiger partial charge on any atom is -0.329 e. The normalized spacial score (nSPS) is 18.2. The molecule has 0 amide bonds. The maximum Gasteiger partial charge on any atom is 0.0105 e. The van der Waals surface area contributed by atoms with E-state index < -0.39 is 0 Å². The van der Waals surface area contributed by atoms with E-state index in [0.717, 1.165) is 19.0 Å². The van der Waals surface area contributed by atoms with E-state index in [9.17, 15) is 0 Å². The summed E-state index contributed by atoms with van der Waals surface area (Å²) in [5.41, 5.74) is 10.00. The molecule has 2 rings (SSSR count). The van der Waals surface area contributed by atoms with Gasteiger partial charge < -0.3 is 10.6 Å². The van der Waals surface area contributed by atoms with Gasteiger partial charge in [0.1, 0.15) is 0 Å². The Balaban J connectivity index is 1.89. The molecule has 1 aliphatic heterocycles. The van der Waals surface area contributed by atoms with E-state index in [4.69, 9.17) is 5.73 Å². The zero-order valence-electron chi connectivity index (χ0n) is 11.8. The van der Waals surface area contributed by atoms with E-state index in [-0.39, 0.29) is 0 Å². The fraction of sp³-hybridized carbons (Fsp3) is 0.625. The van der Waals surface area contributed by atoms with E-state index in [1.807, 2.05) is 0 Å². The number of rotatable bonds is 4. The van der Waals surface area contributed by atoms with Crippen LogP contribution >= 0.6 is 0 Å². The molecule has 1 aromatic carbocycles. The maximum atomic E-state index is 5.61. The molecule has 1 aromatic rings. The summed E-state index contributed by atoms with van der Waals surface area (Å²) < 4.78 is 0. The fourth-order valence-corrected chi connectivity index (χ4v) is 2.93. The smallest absolute Gasteiger partial charge is 0.0105 e. The van der Waals surface area contributed by atoms with E-state index >= 15 is 0 Å². The van der Waals surface area contributed by atoms with Crippen molar-refractivity contribution < 1.29 is 0 Å². The third-order valence-corrected chi connectivity index (χ3v) is 4.17. The summed E-state index contributed by atoms with van der Waals surface area (Å²) in [4.78, 5) is 2.50. The molecule has 1 saturated heterocycles. The standard InChI is InChI=1S/C16H26N2/c1-13-3-4-14(2)16(11-13)12-15-5-8-18(9-6-15)10-7-17/h3-4,11,15H,5-10,12,17H2,1-2H3. The number of nitrogens with two attached hydrogens (primary N) is 1. The summed E-state index contributed by atoms with van der Waals surface area (Å²) in [5.74, 6) is 0.861. The Kier molecular flexibility index (Phi) is 4.79. The van der Waals surface area contributed by atoms with Gasteiger partial charge in [-0.05, 0) is 63.2 Å². The van der Waals surface area contributed by atoms with E-state index in [1.165, 1.54) is 43.5 Å². The van der Waals surface area contributed by atoms with Gasteiger partial charge in [-0.2, -0.15) is 0 Å². The van der Waals surface area contributed by atoms with Crippen LogP contribution in [0.25, 0.3) is 0 Å². The molecule has 0 bridgehead atoms. The van der Waals surface area contributed by atoms with Crippen molar-refractivity contribution >= 4 is 0 Å².